The van der Waals surface area contributed by atoms with E-state index in [1.807, 2.05) is 22.6 Å². The van der Waals surface area contributed by atoms with E-state index in [4.69, 9.17) is 0 Å². The molecule has 0 fully saturated rings. The van der Waals surface area contributed by atoms with Gasteiger partial charge in [0.1, 0.15) is 8.60 Å². The maximum atomic E-state index is 11.5. The lowest BCUT2D eigenvalue weighted by Gasteiger charge is -2.06. The third kappa shape index (κ3) is 2.90. The van der Waals surface area contributed by atoms with Crippen LogP contribution in [-0.4, -0.2) is 9.97 Å². The highest BCUT2D eigenvalue weighted by molar-refractivity contribution is 14.1. The van der Waals surface area contributed by atoms with E-state index in [1.165, 1.54) is 29.2 Å². The molecule has 0 aliphatic carbocycles. The van der Waals surface area contributed by atoms with E-state index in [1.54, 1.807) is 0 Å². The van der Waals surface area contributed by atoms with Crippen LogP contribution in [0.1, 0.15) is 11.1 Å². The summed E-state index contributed by atoms with van der Waals surface area (Å²) in [6, 6.07) is 6.27. The fraction of sp³-hybridized carbons (Fsp3) is 0.167. The Morgan fingerprint density at radius 1 is 1.35 bits per heavy atom. The largest absolute Gasteiger partial charge is 0.312 e. The van der Waals surface area contributed by atoms with Gasteiger partial charge in [0, 0.05) is 4.90 Å². The first-order valence-corrected chi connectivity index (χ1v) is 6.96. The molecular weight excluding hydrogens is 347 g/mol. The molecule has 2 aromatic rings. The Hall–Kier alpha value is -0.820. The molecule has 0 amide bonds. The zero-order valence-electron chi connectivity index (χ0n) is 9.45. The first-order valence-electron chi connectivity index (χ1n) is 5.06. The molecule has 0 bridgehead atoms. The molecule has 0 unspecified atom stereocenters. The van der Waals surface area contributed by atoms with Gasteiger partial charge in [0.2, 0.25) is 0 Å². The van der Waals surface area contributed by atoms with Crippen LogP contribution in [0, 0.1) is 17.4 Å². The number of aromatic nitrogens is 2. The standard InChI is InChI=1S/C12H11IN2OS/c1-7-3-4-8(2)9(5-7)17-12-10(13)11(16)14-6-15-12/h3-6H,1-2H3,(H,14,15,16). The topological polar surface area (TPSA) is 45.8 Å². The fourth-order valence-electron chi connectivity index (χ4n) is 1.36. The average Bonchev–Trinajstić information content (AvgIpc) is 2.30. The number of benzene rings is 1. The average molecular weight is 358 g/mol. The highest BCUT2D eigenvalue weighted by atomic mass is 127. The maximum absolute atomic E-state index is 11.5. The first kappa shape index (κ1) is 12.6. The van der Waals surface area contributed by atoms with Gasteiger partial charge in [-0.2, -0.15) is 0 Å². The molecule has 88 valence electrons. The lowest BCUT2D eigenvalue weighted by Crippen LogP contribution is -2.11. The van der Waals surface area contributed by atoms with Crippen LogP contribution in [0.2, 0.25) is 0 Å². The number of rotatable bonds is 2. The molecule has 1 aromatic heterocycles. The van der Waals surface area contributed by atoms with Crippen LogP contribution >= 0.6 is 34.4 Å². The van der Waals surface area contributed by atoms with Crippen molar-refractivity contribution in [1.82, 2.24) is 9.97 Å². The molecular formula is C12H11IN2OS. The van der Waals surface area contributed by atoms with Gasteiger partial charge < -0.3 is 4.98 Å². The van der Waals surface area contributed by atoms with Crippen molar-refractivity contribution in [3.8, 4) is 0 Å². The molecule has 1 heterocycles. The van der Waals surface area contributed by atoms with Crippen LogP contribution in [0.25, 0.3) is 0 Å². The minimum atomic E-state index is -0.0894. The van der Waals surface area contributed by atoms with Gasteiger partial charge in [0.05, 0.1) is 6.33 Å². The second-order valence-electron chi connectivity index (χ2n) is 3.72. The number of aromatic amines is 1. The van der Waals surface area contributed by atoms with Crippen LogP contribution in [0.4, 0.5) is 0 Å². The zero-order chi connectivity index (χ0) is 12.4. The number of halogens is 1. The third-order valence-electron chi connectivity index (χ3n) is 2.31. The van der Waals surface area contributed by atoms with Gasteiger partial charge >= 0.3 is 0 Å². The summed E-state index contributed by atoms with van der Waals surface area (Å²) >= 11 is 3.56. The summed E-state index contributed by atoms with van der Waals surface area (Å²) in [7, 11) is 0. The maximum Gasteiger partial charge on any atom is 0.265 e. The molecule has 1 aromatic carbocycles. The highest BCUT2D eigenvalue weighted by Gasteiger charge is 2.08. The quantitative estimate of drug-likeness (QED) is 0.663. The molecule has 1 N–H and O–H groups in total. The Bertz CT molecular complexity index is 610. The third-order valence-corrected chi connectivity index (χ3v) is 4.84. The lowest BCUT2D eigenvalue weighted by molar-refractivity contribution is 0.986. The summed E-state index contributed by atoms with van der Waals surface area (Å²) in [5.74, 6) is 0. The van der Waals surface area contributed by atoms with Crippen molar-refractivity contribution in [2.75, 3.05) is 0 Å². The molecule has 17 heavy (non-hydrogen) atoms. The van der Waals surface area contributed by atoms with Crippen molar-refractivity contribution in [3.63, 3.8) is 0 Å². The molecule has 0 saturated carbocycles. The predicted octanol–water partition coefficient (Wildman–Crippen LogP) is 3.14. The second-order valence-corrected chi connectivity index (χ2v) is 5.83. The van der Waals surface area contributed by atoms with E-state index in [9.17, 15) is 4.79 Å². The number of H-pyrrole nitrogens is 1. The van der Waals surface area contributed by atoms with Crippen molar-refractivity contribution in [2.45, 2.75) is 23.8 Å². The van der Waals surface area contributed by atoms with Crippen LogP contribution in [0.3, 0.4) is 0 Å². The summed E-state index contributed by atoms with van der Waals surface area (Å²) < 4.78 is 0.635. The second kappa shape index (κ2) is 5.22. The Kier molecular flexibility index (Phi) is 3.88. The minimum absolute atomic E-state index is 0.0894. The van der Waals surface area contributed by atoms with E-state index >= 15 is 0 Å². The van der Waals surface area contributed by atoms with Gasteiger partial charge in [0.25, 0.3) is 5.56 Å². The molecule has 5 heteroatoms. The van der Waals surface area contributed by atoms with Gasteiger partial charge in [-0.1, -0.05) is 23.9 Å². The molecule has 0 radical (unpaired) electrons. The van der Waals surface area contributed by atoms with Gasteiger partial charge in [-0.25, -0.2) is 4.98 Å². The number of hydrogen-bond donors (Lipinski definition) is 1. The minimum Gasteiger partial charge on any atom is -0.312 e. The van der Waals surface area contributed by atoms with Gasteiger partial charge in [-0.15, -0.1) is 0 Å². The molecule has 3 nitrogen and oxygen atoms in total. The van der Waals surface area contributed by atoms with E-state index in [0.29, 0.717) is 3.57 Å². The number of hydrogen-bond acceptors (Lipinski definition) is 3. The summed E-state index contributed by atoms with van der Waals surface area (Å²) in [4.78, 5) is 19.4. The van der Waals surface area contributed by atoms with Gasteiger partial charge in [-0.3, -0.25) is 4.79 Å². The van der Waals surface area contributed by atoms with Crippen LogP contribution in [0.15, 0.2) is 39.2 Å². The Morgan fingerprint density at radius 2 is 2.12 bits per heavy atom. The molecule has 0 atom stereocenters. The van der Waals surface area contributed by atoms with E-state index < -0.39 is 0 Å². The van der Waals surface area contributed by atoms with Crippen molar-refractivity contribution in [2.24, 2.45) is 0 Å². The van der Waals surface area contributed by atoms with Crippen molar-refractivity contribution in [3.05, 3.63) is 49.6 Å². The molecule has 2 rings (SSSR count). The molecule has 0 aliphatic heterocycles. The monoisotopic (exact) mass is 358 g/mol. The number of nitrogens with zero attached hydrogens (tertiary/aromatic N) is 1. The Balaban J connectivity index is 2.41. The summed E-state index contributed by atoms with van der Waals surface area (Å²) in [6.07, 6.45) is 1.44. The van der Waals surface area contributed by atoms with E-state index in [-0.39, 0.29) is 5.56 Å². The highest BCUT2D eigenvalue weighted by Crippen LogP contribution is 2.30. The van der Waals surface area contributed by atoms with Crippen molar-refractivity contribution in [1.29, 1.82) is 0 Å². The Morgan fingerprint density at radius 3 is 2.88 bits per heavy atom. The summed E-state index contributed by atoms with van der Waals surface area (Å²) in [5.41, 5.74) is 2.31. The fourth-order valence-corrected chi connectivity index (χ4v) is 2.95. The number of aryl methyl sites for hydroxylation is 2. The van der Waals surface area contributed by atoms with Gasteiger partial charge in [0.15, 0.2) is 0 Å². The molecule has 0 aliphatic rings. The van der Waals surface area contributed by atoms with Crippen molar-refractivity contribution < 1.29 is 0 Å². The first-order chi connectivity index (χ1) is 8.08. The Labute approximate surface area is 117 Å². The predicted molar refractivity (Wildman–Crippen MR) is 77.6 cm³/mol. The van der Waals surface area contributed by atoms with Gasteiger partial charge in [-0.05, 0) is 53.6 Å². The smallest absolute Gasteiger partial charge is 0.265 e. The lowest BCUT2D eigenvalue weighted by atomic mass is 10.2. The SMILES string of the molecule is Cc1ccc(C)c(Sc2nc[nH]c(=O)c2I)c1. The van der Waals surface area contributed by atoms with Crippen molar-refractivity contribution >= 4 is 34.4 Å². The van der Waals surface area contributed by atoms with E-state index in [2.05, 4.69) is 42.0 Å². The summed E-state index contributed by atoms with van der Waals surface area (Å²) in [5, 5.41) is 0.753. The normalized spacial score (nSPS) is 10.5. The van der Waals surface area contributed by atoms with Crippen LogP contribution in [-0.2, 0) is 0 Å². The van der Waals surface area contributed by atoms with Crippen LogP contribution < -0.4 is 5.56 Å². The number of nitrogens with one attached hydrogen (secondary N) is 1. The molecule has 0 saturated heterocycles. The van der Waals surface area contributed by atoms with E-state index in [0.717, 1.165) is 9.92 Å². The zero-order valence-corrected chi connectivity index (χ0v) is 12.4. The summed E-state index contributed by atoms with van der Waals surface area (Å²) in [6.45, 7) is 4.11. The van der Waals surface area contributed by atoms with Crippen LogP contribution in [0.5, 0.6) is 0 Å². The molecule has 0 spiro atoms.